The molecule has 0 heterocycles. The zero-order valence-electron chi connectivity index (χ0n) is 7.38. The van der Waals surface area contributed by atoms with Crippen LogP contribution in [-0.2, 0) is 4.74 Å². The highest BCUT2D eigenvalue weighted by molar-refractivity contribution is 5.71. The molecule has 0 radical (unpaired) electrons. The minimum atomic E-state index is -0.571. The average Bonchev–Trinajstić information content (AvgIpc) is 2.00. The van der Waals surface area contributed by atoms with Crippen molar-refractivity contribution in [1.82, 2.24) is 5.32 Å². The molecule has 0 aliphatic rings. The second kappa shape index (κ2) is 6.52. The molecule has 70 valence electrons. The van der Waals surface area contributed by atoms with Crippen LogP contribution in [0.1, 0.15) is 26.2 Å². The molecule has 0 rings (SSSR count). The fraction of sp³-hybridized carbons (Fsp3) is 0.625. The van der Waals surface area contributed by atoms with E-state index in [1.165, 1.54) is 6.26 Å². The SMILES string of the molecule is C=COC(CCCC)NC(N)=O. The normalized spacial score (nSPS) is 11.8. The van der Waals surface area contributed by atoms with Crippen LogP contribution in [0.3, 0.4) is 0 Å². The second-order valence-electron chi connectivity index (χ2n) is 2.44. The third kappa shape index (κ3) is 5.58. The summed E-state index contributed by atoms with van der Waals surface area (Å²) < 4.78 is 5.01. The summed E-state index contributed by atoms with van der Waals surface area (Å²) in [5.41, 5.74) is 4.93. The summed E-state index contributed by atoms with van der Waals surface area (Å²) in [6, 6.07) is -0.571. The van der Waals surface area contributed by atoms with Crippen molar-refractivity contribution in [3.8, 4) is 0 Å². The van der Waals surface area contributed by atoms with Gasteiger partial charge in [-0.2, -0.15) is 0 Å². The van der Waals surface area contributed by atoms with E-state index < -0.39 is 6.03 Å². The molecule has 0 aromatic carbocycles. The summed E-state index contributed by atoms with van der Waals surface area (Å²) in [4.78, 5) is 10.4. The first kappa shape index (κ1) is 10.8. The fourth-order valence-electron chi connectivity index (χ4n) is 0.839. The Kier molecular flexibility index (Phi) is 5.87. The van der Waals surface area contributed by atoms with E-state index in [0.29, 0.717) is 0 Å². The van der Waals surface area contributed by atoms with Gasteiger partial charge in [0.05, 0.1) is 6.26 Å². The molecule has 0 aromatic rings. The third-order valence-electron chi connectivity index (χ3n) is 1.38. The number of urea groups is 1. The van der Waals surface area contributed by atoms with Gasteiger partial charge in [0.1, 0.15) is 0 Å². The lowest BCUT2D eigenvalue weighted by molar-refractivity contribution is 0.110. The summed E-state index contributed by atoms with van der Waals surface area (Å²) in [6.07, 6.45) is 3.76. The molecular formula is C8H16N2O2. The van der Waals surface area contributed by atoms with E-state index >= 15 is 0 Å². The Morgan fingerprint density at radius 2 is 2.50 bits per heavy atom. The number of nitrogens with one attached hydrogen (secondary N) is 1. The fourth-order valence-corrected chi connectivity index (χ4v) is 0.839. The molecule has 1 atom stereocenters. The van der Waals surface area contributed by atoms with Crippen LogP contribution in [0.2, 0.25) is 0 Å². The Morgan fingerprint density at radius 1 is 1.83 bits per heavy atom. The molecule has 0 fully saturated rings. The minimum Gasteiger partial charge on any atom is -0.479 e. The number of ether oxygens (including phenoxy) is 1. The van der Waals surface area contributed by atoms with E-state index in [1.807, 2.05) is 0 Å². The zero-order chi connectivity index (χ0) is 9.40. The Labute approximate surface area is 72.8 Å². The lowest BCUT2D eigenvalue weighted by Gasteiger charge is -2.15. The van der Waals surface area contributed by atoms with E-state index in [2.05, 4.69) is 18.8 Å². The predicted octanol–water partition coefficient (Wildman–Crippen LogP) is 1.33. The lowest BCUT2D eigenvalue weighted by atomic mass is 10.2. The van der Waals surface area contributed by atoms with Gasteiger partial charge in [0, 0.05) is 6.42 Å². The molecule has 1 unspecified atom stereocenters. The van der Waals surface area contributed by atoms with Crippen molar-refractivity contribution < 1.29 is 9.53 Å². The number of hydrogen-bond donors (Lipinski definition) is 2. The number of amides is 2. The first-order chi connectivity index (χ1) is 5.70. The highest BCUT2D eigenvalue weighted by Gasteiger charge is 2.07. The quantitative estimate of drug-likeness (QED) is 0.469. The van der Waals surface area contributed by atoms with Crippen LogP contribution in [0.15, 0.2) is 12.8 Å². The number of unbranched alkanes of at least 4 members (excludes halogenated alkanes) is 1. The van der Waals surface area contributed by atoms with E-state index in [1.54, 1.807) is 0 Å². The van der Waals surface area contributed by atoms with Crippen LogP contribution in [-0.4, -0.2) is 12.3 Å². The maximum absolute atomic E-state index is 10.4. The number of hydrogen-bond acceptors (Lipinski definition) is 2. The van der Waals surface area contributed by atoms with Crippen LogP contribution < -0.4 is 11.1 Å². The van der Waals surface area contributed by atoms with Crippen molar-refractivity contribution in [2.45, 2.75) is 32.4 Å². The van der Waals surface area contributed by atoms with Gasteiger partial charge in [-0.15, -0.1) is 0 Å². The number of primary amides is 1. The number of carbonyl (C=O) groups is 1. The smallest absolute Gasteiger partial charge is 0.315 e. The van der Waals surface area contributed by atoms with Crippen LogP contribution in [0.4, 0.5) is 4.79 Å². The highest BCUT2D eigenvalue weighted by Crippen LogP contribution is 2.01. The maximum Gasteiger partial charge on any atom is 0.315 e. The summed E-state index contributed by atoms with van der Waals surface area (Å²) in [7, 11) is 0. The molecule has 0 saturated carbocycles. The topological polar surface area (TPSA) is 64.3 Å². The van der Waals surface area contributed by atoms with E-state index in [4.69, 9.17) is 10.5 Å². The van der Waals surface area contributed by atoms with Crippen molar-refractivity contribution in [2.75, 3.05) is 0 Å². The molecule has 0 saturated heterocycles. The number of rotatable bonds is 6. The van der Waals surface area contributed by atoms with Gasteiger partial charge in [0.25, 0.3) is 0 Å². The van der Waals surface area contributed by atoms with Gasteiger partial charge in [-0.1, -0.05) is 19.9 Å². The second-order valence-corrected chi connectivity index (χ2v) is 2.44. The van der Waals surface area contributed by atoms with Crippen LogP contribution in [0, 0.1) is 0 Å². The Bertz CT molecular complexity index is 148. The Balaban J connectivity index is 3.68. The first-order valence-electron chi connectivity index (χ1n) is 4.03. The molecule has 0 aliphatic heterocycles. The van der Waals surface area contributed by atoms with Crippen molar-refractivity contribution in [1.29, 1.82) is 0 Å². The standard InChI is InChI=1S/C8H16N2O2/c1-3-5-6-7(12-4-2)10-8(9)11/h4,7H,2-3,5-6H2,1H3,(H3,9,10,11). The molecule has 0 aliphatic carbocycles. The third-order valence-corrected chi connectivity index (χ3v) is 1.38. The van der Waals surface area contributed by atoms with Crippen molar-refractivity contribution in [2.24, 2.45) is 5.73 Å². The van der Waals surface area contributed by atoms with Crippen molar-refractivity contribution >= 4 is 6.03 Å². The molecule has 2 amide bonds. The number of carbonyl (C=O) groups excluding carboxylic acids is 1. The molecule has 0 aromatic heterocycles. The molecule has 4 heteroatoms. The highest BCUT2D eigenvalue weighted by atomic mass is 16.5. The van der Waals surface area contributed by atoms with Crippen LogP contribution >= 0.6 is 0 Å². The zero-order valence-corrected chi connectivity index (χ0v) is 7.38. The van der Waals surface area contributed by atoms with Gasteiger partial charge in [-0.05, 0) is 6.42 Å². The summed E-state index contributed by atoms with van der Waals surface area (Å²) in [6.45, 7) is 5.47. The molecule has 0 spiro atoms. The van der Waals surface area contributed by atoms with Gasteiger partial charge in [0.2, 0.25) is 0 Å². The van der Waals surface area contributed by atoms with Crippen LogP contribution in [0.25, 0.3) is 0 Å². The molecule has 12 heavy (non-hydrogen) atoms. The predicted molar refractivity (Wildman–Crippen MR) is 47.3 cm³/mol. The Hall–Kier alpha value is -1.19. The minimum absolute atomic E-state index is 0.333. The van der Waals surface area contributed by atoms with Gasteiger partial charge in [0.15, 0.2) is 6.23 Å². The van der Waals surface area contributed by atoms with Crippen molar-refractivity contribution in [3.05, 3.63) is 12.8 Å². The number of nitrogens with two attached hydrogens (primary N) is 1. The largest absolute Gasteiger partial charge is 0.479 e. The van der Waals surface area contributed by atoms with Gasteiger partial charge < -0.3 is 15.8 Å². The van der Waals surface area contributed by atoms with E-state index in [0.717, 1.165) is 19.3 Å². The Morgan fingerprint density at radius 3 is 2.92 bits per heavy atom. The molecule has 4 nitrogen and oxygen atoms in total. The maximum atomic E-state index is 10.4. The molecule has 0 bridgehead atoms. The molecule has 3 N–H and O–H groups in total. The monoisotopic (exact) mass is 172 g/mol. The summed E-state index contributed by atoms with van der Waals surface area (Å²) >= 11 is 0. The summed E-state index contributed by atoms with van der Waals surface area (Å²) in [5.74, 6) is 0. The van der Waals surface area contributed by atoms with Crippen LogP contribution in [0.5, 0.6) is 0 Å². The van der Waals surface area contributed by atoms with Crippen molar-refractivity contribution in [3.63, 3.8) is 0 Å². The van der Waals surface area contributed by atoms with Gasteiger partial charge in [-0.25, -0.2) is 4.79 Å². The van der Waals surface area contributed by atoms with E-state index in [-0.39, 0.29) is 6.23 Å². The lowest BCUT2D eigenvalue weighted by Crippen LogP contribution is -2.39. The van der Waals surface area contributed by atoms with Gasteiger partial charge >= 0.3 is 6.03 Å². The first-order valence-corrected chi connectivity index (χ1v) is 4.03. The molecular weight excluding hydrogens is 156 g/mol. The average molecular weight is 172 g/mol. The summed E-state index contributed by atoms with van der Waals surface area (Å²) in [5, 5.41) is 2.46. The van der Waals surface area contributed by atoms with E-state index in [9.17, 15) is 4.79 Å². The van der Waals surface area contributed by atoms with Gasteiger partial charge in [-0.3, -0.25) is 0 Å².